The average molecular weight is 382 g/mol. The van der Waals surface area contributed by atoms with Crippen LogP contribution in [0.5, 0.6) is 5.75 Å². The lowest BCUT2D eigenvalue weighted by atomic mass is 10.1. The number of hydrogen-bond donors (Lipinski definition) is 1. The van der Waals surface area contributed by atoms with E-state index >= 15 is 0 Å². The molecule has 0 radical (unpaired) electrons. The van der Waals surface area contributed by atoms with Gasteiger partial charge in [-0.25, -0.2) is 4.99 Å². The summed E-state index contributed by atoms with van der Waals surface area (Å²) in [5, 5.41) is 9.33. The number of para-hydroxylation sites is 2. The van der Waals surface area contributed by atoms with Crippen molar-refractivity contribution in [1.82, 2.24) is 0 Å². The van der Waals surface area contributed by atoms with E-state index < -0.39 is 5.97 Å². The zero-order valence-electron chi connectivity index (χ0n) is 14.7. The number of aliphatic carboxylic acids is 1. The number of amides is 1. The van der Waals surface area contributed by atoms with E-state index in [9.17, 15) is 9.59 Å². The van der Waals surface area contributed by atoms with Gasteiger partial charge in [0.05, 0.1) is 19.2 Å². The van der Waals surface area contributed by atoms with E-state index in [2.05, 4.69) is 4.99 Å². The molecule has 0 unspecified atom stereocenters. The lowest BCUT2D eigenvalue weighted by Crippen LogP contribution is -2.30. The van der Waals surface area contributed by atoms with E-state index in [-0.39, 0.29) is 18.0 Å². The lowest BCUT2D eigenvalue weighted by molar-refractivity contribution is -0.136. The molecule has 0 aromatic heterocycles. The molecule has 1 aliphatic rings. The van der Waals surface area contributed by atoms with E-state index in [0.717, 1.165) is 5.56 Å². The minimum Gasteiger partial charge on any atom is -0.496 e. The Morgan fingerprint density at radius 1 is 1.19 bits per heavy atom. The van der Waals surface area contributed by atoms with Crippen LogP contribution in [0.15, 0.2) is 65.3 Å². The van der Waals surface area contributed by atoms with Crippen LogP contribution in [0.2, 0.25) is 0 Å². The first kappa shape index (κ1) is 18.7. The van der Waals surface area contributed by atoms with Crippen LogP contribution < -0.4 is 9.64 Å². The molecular formula is C20H18N2O4S. The number of amidine groups is 1. The first-order chi connectivity index (χ1) is 13.1. The van der Waals surface area contributed by atoms with E-state index in [1.807, 2.05) is 54.6 Å². The van der Waals surface area contributed by atoms with Gasteiger partial charge in [0.1, 0.15) is 11.4 Å². The van der Waals surface area contributed by atoms with Gasteiger partial charge in [0.25, 0.3) is 5.91 Å². The largest absolute Gasteiger partial charge is 0.496 e. The molecule has 1 heterocycles. The summed E-state index contributed by atoms with van der Waals surface area (Å²) in [6, 6.07) is 16.5. The minimum absolute atomic E-state index is 0.00787. The molecule has 2 aromatic carbocycles. The van der Waals surface area contributed by atoms with Gasteiger partial charge in [-0.05, 0) is 24.3 Å². The van der Waals surface area contributed by atoms with Crippen molar-refractivity contribution in [3.63, 3.8) is 0 Å². The molecule has 0 aliphatic carbocycles. The zero-order valence-corrected chi connectivity index (χ0v) is 15.5. The molecule has 3 rings (SSSR count). The summed E-state index contributed by atoms with van der Waals surface area (Å²) in [5.41, 5.74) is 1.71. The summed E-state index contributed by atoms with van der Waals surface area (Å²) >= 11 is 1.25. The maximum absolute atomic E-state index is 13.0. The van der Waals surface area contributed by atoms with Crippen LogP contribution in [0.3, 0.4) is 0 Å². The molecule has 1 aliphatic heterocycles. The number of carboxylic acid groups (broad SMARTS) is 1. The Hall–Kier alpha value is -3.06. The maximum Gasteiger partial charge on any atom is 0.304 e. The quantitative estimate of drug-likeness (QED) is 0.772. The number of nitrogens with zero attached hydrogens (tertiary/aromatic N) is 2. The van der Waals surface area contributed by atoms with Crippen molar-refractivity contribution in [2.75, 3.05) is 17.8 Å². The van der Waals surface area contributed by atoms with Gasteiger partial charge >= 0.3 is 5.97 Å². The van der Waals surface area contributed by atoms with Crippen LogP contribution >= 0.6 is 11.8 Å². The van der Waals surface area contributed by atoms with E-state index in [4.69, 9.17) is 9.84 Å². The van der Waals surface area contributed by atoms with Gasteiger partial charge in [-0.2, -0.15) is 0 Å². The number of carboxylic acids is 1. The highest BCUT2D eigenvalue weighted by Gasteiger charge is 2.32. The molecule has 2 aromatic rings. The number of rotatable bonds is 6. The van der Waals surface area contributed by atoms with Crippen LogP contribution in [0.25, 0.3) is 6.08 Å². The second-order valence-electron chi connectivity index (χ2n) is 5.63. The number of hydrogen-bond acceptors (Lipinski definition) is 5. The monoisotopic (exact) mass is 382 g/mol. The van der Waals surface area contributed by atoms with Crippen LogP contribution in [0, 0.1) is 0 Å². The smallest absolute Gasteiger partial charge is 0.304 e. The maximum atomic E-state index is 13.0. The molecule has 0 bridgehead atoms. The minimum atomic E-state index is -0.886. The number of methoxy groups -OCH3 is 1. The first-order valence-electron chi connectivity index (χ1n) is 8.27. The first-order valence-corrected chi connectivity index (χ1v) is 9.26. The fraction of sp³-hybridized carbons (Fsp3) is 0.150. The van der Waals surface area contributed by atoms with Crippen molar-refractivity contribution in [1.29, 1.82) is 0 Å². The molecule has 7 heteroatoms. The van der Waals surface area contributed by atoms with Gasteiger partial charge in [-0.15, -0.1) is 0 Å². The van der Waals surface area contributed by atoms with Crippen LogP contribution in [-0.4, -0.2) is 35.0 Å². The number of benzene rings is 2. The van der Waals surface area contributed by atoms with Crippen molar-refractivity contribution in [3.8, 4) is 5.75 Å². The number of ether oxygens (including phenoxy) is 1. The highest BCUT2D eigenvalue weighted by molar-refractivity contribution is 8.14. The number of thioether (sulfide) groups is 1. The summed E-state index contributed by atoms with van der Waals surface area (Å²) in [7, 11) is 1.57. The standard InChI is InChI=1S/C20H18N2O4S/c1-26-17-10-6-5-7-14(17)13-16-19(25)22(15-8-3-2-4-9-15)20(21-16)27-12-11-18(23)24/h2-10,13H,11-12H2,1H3,(H,23,24)/b16-13-. The fourth-order valence-electron chi connectivity index (χ4n) is 2.56. The van der Waals surface area contributed by atoms with Crippen molar-refractivity contribution in [3.05, 3.63) is 65.9 Å². The molecule has 0 saturated carbocycles. The van der Waals surface area contributed by atoms with Gasteiger partial charge in [0, 0.05) is 11.3 Å². The number of anilines is 1. The number of carbonyl (C=O) groups is 2. The molecule has 138 valence electrons. The zero-order chi connectivity index (χ0) is 19.2. The van der Waals surface area contributed by atoms with Crippen molar-refractivity contribution >= 4 is 40.6 Å². The summed E-state index contributed by atoms with van der Waals surface area (Å²) in [6.07, 6.45) is 1.67. The van der Waals surface area contributed by atoms with Crippen LogP contribution in [0.4, 0.5) is 5.69 Å². The SMILES string of the molecule is COc1ccccc1/C=C1\N=C(SCCC(=O)O)N(c2ccccc2)C1=O. The van der Waals surface area contributed by atoms with Gasteiger partial charge < -0.3 is 9.84 Å². The fourth-order valence-corrected chi connectivity index (χ4v) is 3.50. The molecule has 1 amide bonds. The molecular weight excluding hydrogens is 364 g/mol. The summed E-state index contributed by atoms with van der Waals surface area (Å²) in [6.45, 7) is 0. The molecule has 6 nitrogen and oxygen atoms in total. The number of aliphatic imine (C=N–C) groups is 1. The second-order valence-corrected chi connectivity index (χ2v) is 6.70. The van der Waals surface area contributed by atoms with Crippen molar-refractivity contribution < 1.29 is 19.4 Å². The van der Waals surface area contributed by atoms with Crippen LogP contribution in [0.1, 0.15) is 12.0 Å². The number of carbonyl (C=O) groups excluding carboxylic acids is 1. The third-order valence-electron chi connectivity index (χ3n) is 3.82. The Labute approximate surface area is 161 Å². The lowest BCUT2D eigenvalue weighted by Gasteiger charge is -2.17. The topological polar surface area (TPSA) is 79.2 Å². The van der Waals surface area contributed by atoms with Gasteiger partial charge in [-0.1, -0.05) is 48.2 Å². The van der Waals surface area contributed by atoms with Crippen molar-refractivity contribution in [2.24, 2.45) is 4.99 Å². The van der Waals surface area contributed by atoms with E-state index in [1.54, 1.807) is 13.2 Å². The van der Waals surface area contributed by atoms with Gasteiger partial charge in [-0.3, -0.25) is 14.5 Å². The third-order valence-corrected chi connectivity index (χ3v) is 4.76. The van der Waals surface area contributed by atoms with E-state index in [0.29, 0.717) is 22.4 Å². The molecule has 0 fully saturated rings. The summed E-state index contributed by atoms with van der Waals surface area (Å²) in [5.74, 6) is -0.174. The highest BCUT2D eigenvalue weighted by Crippen LogP contribution is 2.30. The summed E-state index contributed by atoms with van der Waals surface area (Å²) in [4.78, 5) is 29.8. The van der Waals surface area contributed by atoms with Gasteiger partial charge in [0.2, 0.25) is 0 Å². The molecule has 27 heavy (non-hydrogen) atoms. The summed E-state index contributed by atoms with van der Waals surface area (Å²) < 4.78 is 5.33. The Balaban J connectivity index is 1.95. The average Bonchev–Trinajstić information content (AvgIpc) is 2.98. The molecule has 0 spiro atoms. The van der Waals surface area contributed by atoms with Crippen molar-refractivity contribution in [2.45, 2.75) is 6.42 Å². The van der Waals surface area contributed by atoms with Crippen LogP contribution in [-0.2, 0) is 9.59 Å². The predicted octanol–water partition coefficient (Wildman–Crippen LogP) is 3.65. The third kappa shape index (κ3) is 4.38. The molecule has 0 atom stereocenters. The normalized spacial score (nSPS) is 15.1. The Bertz CT molecular complexity index is 909. The Morgan fingerprint density at radius 3 is 2.59 bits per heavy atom. The highest BCUT2D eigenvalue weighted by atomic mass is 32.2. The Kier molecular flexibility index (Phi) is 5.93. The second kappa shape index (κ2) is 8.55. The predicted molar refractivity (Wildman–Crippen MR) is 107 cm³/mol. The van der Waals surface area contributed by atoms with E-state index in [1.165, 1.54) is 16.7 Å². The Morgan fingerprint density at radius 2 is 1.89 bits per heavy atom. The molecule has 0 saturated heterocycles. The molecule has 1 N–H and O–H groups in total. The van der Waals surface area contributed by atoms with Gasteiger partial charge in [0.15, 0.2) is 5.17 Å².